The molecule has 1 aliphatic rings. The molecule has 2 atom stereocenters. The Bertz CT molecular complexity index is 489. The summed E-state index contributed by atoms with van der Waals surface area (Å²) in [7, 11) is 0. The third-order valence-electron chi connectivity index (χ3n) is 3.41. The molecule has 5 heteroatoms. The Balaban J connectivity index is 1.97. The fourth-order valence-electron chi connectivity index (χ4n) is 2.42. The Morgan fingerprint density at radius 1 is 1.40 bits per heavy atom. The predicted octanol–water partition coefficient (Wildman–Crippen LogP) is 1.64. The lowest BCUT2D eigenvalue weighted by atomic mass is 10.0. The topological polar surface area (TPSA) is 78.4 Å². The number of carboxylic acids is 1. The molecule has 0 saturated heterocycles. The molecule has 0 saturated carbocycles. The van der Waals surface area contributed by atoms with Crippen molar-refractivity contribution in [2.75, 3.05) is 5.32 Å². The van der Waals surface area contributed by atoms with Crippen molar-refractivity contribution in [3.8, 4) is 0 Å². The molecule has 0 radical (unpaired) electrons. The van der Waals surface area contributed by atoms with Crippen LogP contribution in [0, 0.1) is 5.92 Å². The summed E-state index contributed by atoms with van der Waals surface area (Å²) in [6.45, 7) is 3.87. The van der Waals surface area contributed by atoms with E-state index in [0.29, 0.717) is 12.8 Å². The molecule has 3 N–H and O–H groups in total. The van der Waals surface area contributed by atoms with Gasteiger partial charge in [-0.1, -0.05) is 32.0 Å². The van der Waals surface area contributed by atoms with Crippen molar-refractivity contribution in [2.24, 2.45) is 5.92 Å². The predicted molar refractivity (Wildman–Crippen MR) is 76.6 cm³/mol. The number of anilines is 1. The second-order valence-electron chi connectivity index (χ2n) is 5.59. The summed E-state index contributed by atoms with van der Waals surface area (Å²) < 4.78 is 0. The molecule has 1 unspecified atom stereocenters. The molecule has 0 fully saturated rings. The highest BCUT2D eigenvalue weighted by Crippen LogP contribution is 2.25. The monoisotopic (exact) mass is 276 g/mol. The van der Waals surface area contributed by atoms with Crippen LogP contribution in [0.1, 0.15) is 25.8 Å². The Morgan fingerprint density at radius 2 is 2.10 bits per heavy atom. The maximum absolute atomic E-state index is 12.2. The van der Waals surface area contributed by atoms with Gasteiger partial charge in [0, 0.05) is 12.1 Å². The minimum atomic E-state index is -0.984. The lowest BCUT2D eigenvalue weighted by molar-refractivity contribution is -0.142. The molecule has 0 spiro atoms. The zero-order valence-electron chi connectivity index (χ0n) is 11.7. The van der Waals surface area contributed by atoms with Crippen LogP contribution in [0.25, 0.3) is 0 Å². The fraction of sp³-hybridized carbons (Fsp3) is 0.467. The quantitative estimate of drug-likeness (QED) is 0.764. The lowest BCUT2D eigenvalue weighted by Gasteiger charge is -2.19. The zero-order valence-corrected chi connectivity index (χ0v) is 11.7. The van der Waals surface area contributed by atoms with Crippen LogP contribution in [0.4, 0.5) is 5.69 Å². The molecule has 0 aromatic heterocycles. The number of rotatable bonds is 5. The Labute approximate surface area is 118 Å². The summed E-state index contributed by atoms with van der Waals surface area (Å²) >= 11 is 0. The van der Waals surface area contributed by atoms with Gasteiger partial charge >= 0.3 is 5.97 Å². The van der Waals surface area contributed by atoms with Crippen LogP contribution in [0.5, 0.6) is 0 Å². The Kier molecular flexibility index (Phi) is 4.27. The van der Waals surface area contributed by atoms with Crippen LogP contribution in [0.3, 0.4) is 0 Å². The summed E-state index contributed by atoms with van der Waals surface area (Å²) in [6.07, 6.45) is 1.02. The molecule has 5 nitrogen and oxygen atoms in total. The number of benzene rings is 1. The Hall–Kier alpha value is -2.04. The van der Waals surface area contributed by atoms with Gasteiger partial charge in [-0.3, -0.25) is 4.79 Å². The average Bonchev–Trinajstić information content (AvgIpc) is 2.81. The van der Waals surface area contributed by atoms with Crippen molar-refractivity contribution < 1.29 is 14.7 Å². The standard InChI is InChI=1S/C15H20N2O3/c1-9(2)7-13(15(19)20)17-14(18)12-8-10-5-3-4-6-11(10)16-12/h3-6,9,12-13,16H,7-8H2,1-2H3,(H,17,18)(H,19,20)/t12?,13-/m1/s1. The first-order valence-corrected chi connectivity index (χ1v) is 6.85. The van der Waals surface area contributed by atoms with Crippen LogP contribution in [-0.2, 0) is 16.0 Å². The van der Waals surface area contributed by atoms with Crippen molar-refractivity contribution in [1.29, 1.82) is 0 Å². The van der Waals surface area contributed by atoms with Crippen molar-refractivity contribution >= 4 is 17.6 Å². The van der Waals surface area contributed by atoms with E-state index < -0.39 is 12.0 Å². The number of para-hydroxylation sites is 1. The normalized spacial score (nSPS) is 18.2. The number of fused-ring (bicyclic) bond motifs is 1. The van der Waals surface area contributed by atoms with E-state index in [2.05, 4.69) is 10.6 Å². The SMILES string of the molecule is CC(C)C[C@@H](NC(=O)C1Cc2ccccc2N1)C(=O)O. The van der Waals surface area contributed by atoms with Gasteiger partial charge in [0.2, 0.25) is 5.91 Å². The first-order chi connectivity index (χ1) is 9.47. The van der Waals surface area contributed by atoms with E-state index in [9.17, 15) is 9.59 Å². The number of carbonyl (C=O) groups excluding carboxylic acids is 1. The smallest absolute Gasteiger partial charge is 0.326 e. The van der Waals surface area contributed by atoms with Gasteiger partial charge in [0.15, 0.2) is 0 Å². The molecular formula is C15H20N2O3. The van der Waals surface area contributed by atoms with Crippen LogP contribution >= 0.6 is 0 Å². The molecule has 1 aromatic carbocycles. The molecule has 2 rings (SSSR count). The van der Waals surface area contributed by atoms with Gasteiger partial charge in [-0.25, -0.2) is 4.79 Å². The maximum Gasteiger partial charge on any atom is 0.326 e. The number of carboxylic acid groups (broad SMARTS) is 1. The average molecular weight is 276 g/mol. The van der Waals surface area contributed by atoms with Crippen LogP contribution in [-0.4, -0.2) is 29.1 Å². The third kappa shape index (κ3) is 3.29. The molecule has 1 amide bonds. The van der Waals surface area contributed by atoms with E-state index in [-0.39, 0.29) is 17.9 Å². The number of carbonyl (C=O) groups is 2. The Morgan fingerprint density at radius 3 is 2.70 bits per heavy atom. The molecule has 1 aliphatic heterocycles. The fourth-order valence-corrected chi connectivity index (χ4v) is 2.42. The summed E-state index contributed by atoms with van der Waals surface area (Å²) in [5.74, 6) is -1.03. The second-order valence-corrected chi connectivity index (χ2v) is 5.59. The van der Waals surface area contributed by atoms with Gasteiger partial charge in [-0.05, 0) is 24.0 Å². The summed E-state index contributed by atoms with van der Waals surface area (Å²) in [5.41, 5.74) is 2.03. The number of hydrogen-bond acceptors (Lipinski definition) is 3. The van der Waals surface area contributed by atoms with Crippen molar-refractivity contribution in [3.05, 3.63) is 29.8 Å². The van der Waals surface area contributed by atoms with Crippen molar-refractivity contribution in [3.63, 3.8) is 0 Å². The van der Waals surface area contributed by atoms with E-state index in [1.54, 1.807) is 0 Å². The van der Waals surface area contributed by atoms with Gasteiger partial charge in [0.1, 0.15) is 12.1 Å². The molecule has 0 aliphatic carbocycles. The molecule has 1 heterocycles. The first-order valence-electron chi connectivity index (χ1n) is 6.85. The van der Waals surface area contributed by atoms with Gasteiger partial charge < -0.3 is 15.7 Å². The number of amides is 1. The van der Waals surface area contributed by atoms with E-state index in [1.807, 2.05) is 38.1 Å². The summed E-state index contributed by atoms with van der Waals surface area (Å²) in [5, 5.41) is 14.9. The van der Waals surface area contributed by atoms with E-state index in [1.165, 1.54) is 0 Å². The first kappa shape index (κ1) is 14.4. The van der Waals surface area contributed by atoms with Crippen LogP contribution in [0.2, 0.25) is 0 Å². The van der Waals surface area contributed by atoms with Crippen LogP contribution < -0.4 is 10.6 Å². The molecule has 0 bridgehead atoms. The van der Waals surface area contributed by atoms with E-state index >= 15 is 0 Å². The highest BCUT2D eigenvalue weighted by molar-refractivity contribution is 5.90. The number of nitrogens with one attached hydrogen (secondary N) is 2. The number of aliphatic carboxylic acids is 1. The minimum absolute atomic E-state index is 0.213. The van der Waals surface area contributed by atoms with Gasteiger partial charge in [0.05, 0.1) is 0 Å². The van der Waals surface area contributed by atoms with Gasteiger partial charge in [-0.2, -0.15) is 0 Å². The van der Waals surface area contributed by atoms with E-state index in [4.69, 9.17) is 5.11 Å². The highest BCUT2D eigenvalue weighted by atomic mass is 16.4. The maximum atomic E-state index is 12.2. The zero-order chi connectivity index (χ0) is 14.7. The molecule has 20 heavy (non-hydrogen) atoms. The highest BCUT2D eigenvalue weighted by Gasteiger charge is 2.29. The molecular weight excluding hydrogens is 256 g/mol. The van der Waals surface area contributed by atoms with Gasteiger partial charge in [0.25, 0.3) is 0 Å². The summed E-state index contributed by atoms with van der Waals surface area (Å²) in [6, 6.07) is 6.52. The molecule has 108 valence electrons. The third-order valence-corrected chi connectivity index (χ3v) is 3.41. The molecule has 1 aromatic rings. The largest absolute Gasteiger partial charge is 0.480 e. The van der Waals surface area contributed by atoms with E-state index in [0.717, 1.165) is 11.3 Å². The summed E-state index contributed by atoms with van der Waals surface area (Å²) in [4.78, 5) is 23.3. The minimum Gasteiger partial charge on any atom is -0.480 e. The van der Waals surface area contributed by atoms with Crippen LogP contribution in [0.15, 0.2) is 24.3 Å². The number of hydrogen-bond donors (Lipinski definition) is 3. The van der Waals surface area contributed by atoms with Gasteiger partial charge in [-0.15, -0.1) is 0 Å². The second kappa shape index (κ2) is 5.94. The van der Waals surface area contributed by atoms with Crippen molar-refractivity contribution in [1.82, 2.24) is 5.32 Å². The lowest BCUT2D eigenvalue weighted by Crippen LogP contribution is -2.47. The van der Waals surface area contributed by atoms with Crippen molar-refractivity contribution in [2.45, 2.75) is 38.8 Å².